The van der Waals surface area contributed by atoms with E-state index in [-0.39, 0.29) is 17.7 Å². The molecule has 0 spiro atoms. The molecule has 0 saturated carbocycles. The Labute approximate surface area is 147 Å². The topological polar surface area (TPSA) is 46.6 Å². The van der Waals surface area contributed by atoms with Gasteiger partial charge in [-0.3, -0.25) is 4.79 Å². The zero-order chi connectivity index (χ0) is 17.8. The SMILES string of the molecule is C=C(C)OC(=O)N1C(=O)CC[C@H]1Cc1ccc(-c2ccccc2)cc1. The molecule has 1 aliphatic heterocycles. The van der Waals surface area contributed by atoms with Gasteiger partial charge in [0.05, 0.1) is 5.76 Å². The average molecular weight is 335 g/mol. The van der Waals surface area contributed by atoms with Gasteiger partial charge in [0.1, 0.15) is 0 Å². The summed E-state index contributed by atoms with van der Waals surface area (Å²) in [5, 5.41) is 0. The minimum atomic E-state index is -0.624. The van der Waals surface area contributed by atoms with E-state index in [9.17, 15) is 9.59 Å². The summed E-state index contributed by atoms with van der Waals surface area (Å²) in [5.74, 6) is 0.104. The van der Waals surface area contributed by atoms with Gasteiger partial charge in [-0.2, -0.15) is 0 Å². The lowest BCUT2D eigenvalue weighted by Gasteiger charge is -2.22. The van der Waals surface area contributed by atoms with Crippen LogP contribution in [-0.2, 0) is 16.0 Å². The van der Waals surface area contributed by atoms with Crippen LogP contribution in [0.1, 0.15) is 25.3 Å². The number of amides is 2. The van der Waals surface area contributed by atoms with Crippen LogP contribution in [0.3, 0.4) is 0 Å². The summed E-state index contributed by atoms with van der Waals surface area (Å²) in [6.45, 7) is 5.15. The summed E-state index contributed by atoms with van der Waals surface area (Å²) >= 11 is 0. The number of benzene rings is 2. The third kappa shape index (κ3) is 3.97. The van der Waals surface area contributed by atoms with E-state index < -0.39 is 6.09 Å². The van der Waals surface area contributed by atoms with Crippen molar-refractivity contribution in [2.24, 2.45) is 0 Å². The Kier molecular flexibility index (Phi) is 4.98. The minimum absolute atomic E-state index is 0.165. The molecule has 2 aromatic carbocycles. The lowest BCUT2D eigenvalue weighted by atomic mass is 10.00. The second-order valence-corrected chi connectivity index (χ2v) is 6.29. The summed E-state index contributed by atoms with van der Waals surface area (Å²) in [6.07, 6.45) is 1.04. The standard InChI is InChI=1S/C21H21NO3/c1-15(2)25-21(24)22-19(12-13-20(22)23)14-16-8-10-18(11-9-16)17-6-4-3-5-7-17/h3-11,19H,1,12-14H2,2H3/t19-/m0/s1. The van der Waals surface area contributed by atoms with E-state index in [1.807, 2.05) is 30.3 Å². The minimum Gasteiger partial charge on any atom is -0.415 e. The van der Waals surface area contributed by atoms with E-state index in [2.05, 4.69) is 30.8 Å². The molecule has 2 aromatic rings. The number of hydrogen-bond acceptors (Lipinski definition) is 3. The van der Waals surface area contributed by atoms with Crippen LogP contribution in [0.5, 0.6) is 0 Å². The Bertz CT molecular complexity index is 781. The average Bonchev–Trinajstić information content (AvgIpc) is 2.96. The van der Waals surface area contributed by atoms with Crippen LogP contribution in [0.2, 0.25) is 0 Å². The number of imide groups is 1. The van der Waals surface area contributed by atoms with Crippen molar-refractivity contribution < 1.29 is 14.3 Å². The van der Waals surface area contributed by atoms with Crippen molar-refractivity contribution in [3.05, 3.63) is 72.5 Å². The van der Waals surface area contributed by atoms with Gasteiger partial charge in [-0.15, -0.1) is 0 Å². The molecule has 2 amide bonds. The Hall–Kier alpha value is -2.88. The van der Waals surface area contributed by atoms with Crippen LogP contribution in [0.25, 0.3) is 11.1 Å². The maximum atomic E-state index is 12.1. The lowest BCUT2D eigenvalue weighted by Crippen LogP contribution is -2.39. The molecule has 4 heteroatoms. The molecule has 0 unspecified atom stereocenters. The van der Waals surface area contributed by atoms with Crippen molar-refractivity contribution in [3.8, 4) is 11.1 Å². The first-order valence-corrected chi connectivity index (χ1v) is 8.38. The van der Waals surface area contributed by atoms with Gasteiger partial charge in [0.2, 0.25) is 5.91 Å². The Balaban J connectivity index is 1.72. The van der Waals surface area contributed by atoms with Crippen molar-refractivity contribution in [2.75, 3.05) is 0 Å². The molecule has 1 fully saturated rings. The third-order valence-electron chi connectivity index (χ3n) is 4.32. The molecule has 128 valence electrons. The second kappa shape index (κ2) is 7.34. The zero-order valence-corrected chi connectivity index (χ0v) is 14.3. The molecule has 4 nitrogen and oxygen atoms in total. The highest BCUT2D eigenvalue weighted by molar-refractivity contribution is 5.94. The lowest BCUT2D eigenvalue weighted by molar-refractivity contribution is -0.127. The molecule has 1 heterocycles. The number of rotatable bonds is 4. The molecular formula is C21H21NO3. The highest BCUT2D eigenvalue weighted by Gasteiger charge is 2.37. The molecule has 1 aliphatic rings. The quantitative estimate of drug-likeness (QED) is 0.770. The fraction of sp³-hybridized carbons (Fsp3) is 0.238. The number of hydrogen-bond donors (Lipinski definition) is 0. The number of carbonyl (C=O) groups excluding carboxylic acids is 2. The molecule has 1 saturated heterocycles. The number of nitrogens with zero attached hydrogens (tertiary/aromatic N) is 1. The van der Waals surface area contributed by atoms with Crippen molar-refractivity contribution in [3.63, 3.8) is 0 Å². The highest BCUT2D eigenvalue weighted by Crippen LogP contribution is 2.25. The van der Waals surface area contributed by atoms with Crippen molar-refractivity contribution in [1.29, 1.82) is 0 Å². The van der Waals surface area contributed by atoms with Gasteiger partial charge in [-0.1, -0.05) is 61.2 Å². The largest absolute Gasteiger partial charge is 0.421 e. The normalized spacial score (nSPS) is 16.8. The highest BCUT2D eigenvalue weighted by atomic mass is 16.6. The van der Waals surface area contributed by atoms with Gasteiger partial charge >= 0.3 is 6.09 Å². The Morgan fingerprint density at radius 1 is 1.12 bits per heavy atom. The number of carbonyl (C=O) groups is 2. The van der Waals surface area contributed by atoms with E-state index in [0.717, 1.165) is 16.7 Å². The fourth-order valence-corrected chi connectivity index (χ4v) is 3.12. The zero-order valence-electron chi connectivity index (χ0n) is 14.3. The van der Waals surface area contributed by atoms with E-state index in [4.69, 9.17) is 4.74 Å². The Morgan fingerprint density at radius 3 is 2.40 bits per heavy atom. The predicted molar refractivity (Wildman–Crippen MR) is 96.7 cm³/mol. The van der Waals surface area contributed by atoms with Crippen LogP contribution in [0.4, 0.5) is 4.79 Å². The van der Waals surface area contributed by atoms with E-state index in [1.165, 1.54) is 4.90 Å². The van der Waals surface area contributed by atoms with E-state index in [0.29, 0.717) is 19.3 Å². The molecule has 0 N–H and O–H groups in total. The third-order valence-corrected chi connectivity index (χ3v) is 4.32. The van der Waals surface area contributed by atoms with Crippen LogP contribution in [0, 0.1) is 0 Å². The maximum Gasteiger partial charge on any atom is 0.421 e. The van der Waals surface area contributed by atoms with Gasteiger partial charge in [0, 0.05) is 12.5 Å². The van der Waals surface area contributed by atoms with E-state index in [1.54, 1.807) is 6.92 Å². The van der Waals surface area contributed by atoms with Gasteiger partial charge in [0.25, 0.3) is 0 Å². The van der Waals surface area contributed by atoms with Gasteiger partial charge in [-0.05, 0) is 36.5 Å². The molecule has 3 rings (SSSR count). The van der Waals surface area contributed by atoms with Crippen molar-refractivity contribution in [1.82, 2.24) is 4.90 Å². The number of likely N-dealkylation sites (tertiary alicyclic amines) is 1. The number of ether oxygens (including phenoxy) is 1. The second-order valence-electron chi connectivity index (χ2n) is 6.29. The summed E-state index contributed by atoms with van der Waals surface area (Å²) in [4.78, 5) is 25.4. The monoisotopic (exact) mass is 335 g/mol. The fourth-order valence-electron chi connectivity index (χ4n) is 3.12. The molecule has 0 aromatic heterocycles. The van der Waals surface area contributed by atoms with Crippen LogP contribution in [0.15, 0.2) is 66.9 Å². The van der Waals surface area contributed by atoms with Crippen LogP contribution < -0.4 is 0 Å². The summed E-state index contributed by atoms with van der Waals surface area (Å²) in [6, 6.07) is 18.2. The molecule has 0 radical (unpaired) electrons. The Morgan fingerprint density at radius 2 is 1.76 bits per heavy atom. The predicted octanol–water partition coefficient (Wildman–Crippen LogP) is 4.56. The van der Waals surface area contributed by atoms with Crippen LogP contribution >= 0.6 is 0 Å². The molecule has 1 atom stereocenters. The summed E-state index contributed by atoms with van der Waals surface area (Å²) < 4.78 is 5.02. The maximum absolute atomic E-state index is 12.1. The van der Waals surface area contributed by atoms with Crippen molar-refractivity contribution in [2.45, 2.75) is 32.2 Å². The molecule has 25 heavy (non-hydrogen) atoms. The van der Waals surface area contributed by atoms with Gasteiger partial charge < -0.3 is 4.74 Å². The van der Waals surface area contributed by atoms with E-state index >= 15 is 0 Å². The van der Waals surface area contributed by atoms with Crippen molar-refractivity contribution >= 4 is 12.0 Å². The first-order valence-electron chi connectivity index (χ1n) is 8.38. The molecular weight excluding hydrogens is 314 g/mol. The number of allylic oxidation sites excluding steroid dienone is 1. The first-order chi connectivity index (χ1) is 12.0. The van der Waals surface area contributed by atoms with Crippen LogP contribution in [-0.4, -0.2) is 22.9 Å². The van der Waals surface area contributed by atoms with Gasteiger partial charge in [0.15, 0.2) is 0 Å². The smallest absolute Gasteiger partial charge is 0.415 e. The summed E-state index contributed by atoms with van der Waals surface area (Å²) in [5.41, 5.74) is 3.40. The van der Waals surface area contributed by atoms with Gasteiger partial charge in [-0.25, -0.2) is 9.69 Å². The summed E-state index contributed by atoms with van der Waals surface area (Å²) in [7, 11) is 0. The molecule has 0 bridgehead atoms. The molecule has 0 aliphatic carbocycles. The first kappa shape index (κ1) is 17.0.